The molecular formula is C9H8FO. The summed E-state index contributed by atoms with van der Waals surface area (Å²) in [6, 6.07) is 8.29. The summed E-state index contributed by atoms with van der Waals surface area (Å²) in [6.07, 6.45) is -1.66. The van der Waals surface area contributed by atoms with Crippen LogP contribution < -0.4 is 0 Å². The van der Waals surface area contributed by atoms with Gasteiger partial charge in [0.1, 0.15) is 0 Å². The molecule has 0 fully saturated rings. The second-order valence-corrected chi connectivity index (χ2v) is 2.20. The van der Waals surface area contributed by atoms with Crippen LogP contribution in [0, 0.1) is 6.92 Å². The van der Waals surface area contributed by atoms with Crippen LogP contribution >= 0.6 is 0 Å². The number of ketones is 1. The van der Waals surface area contributed by atoms with Crippen molar-refractivity contribution in [3.63, 3.8) is 0 Å². The number of halogens is 1. The van der Waals surface area contributed by atoms with Gasteiger partial charge in [-0.25, -0.2) is 4.39 Å². The van der Waals surface area contributed by atoms with Crippen molar-refractivity contribution in [3.8, 4) is 0 Å². The molecule has 0 spiro atoms. The van der Waals surface area contributed by atoms with Crippen molar-refractivity contribution >= 4 is 5.78 Å². The van der Waals surface area contributed by atoms with E-state index in [1.165, 1.54) is 0 Å². The number of hydrogen-bond acceptors (Lipinski definition) is 1. The zero-order valence-corrected chi connectivity index (χ0v) is 5.96. The second-order valence-electron chi connectivity index (χ2n) is 2.20. The molecule has 1 atom stereocenters. The van der Waals surface area contributed by atoms with Crippen LogP contribution in [-0.2, 0) is 0 Å². The number of carbonyl (C=O) groups is 1. The Morgan fingerprint density at radius 2 is 1.91 bits per heavy atom. The molecule has 0 aliphatic rings. The highest BCUT2D eigenvalue weighted by atomic mass is 19.1. The molecule has 0 aliphatic carbocycles. The van der Waals surface area contributed by atoms with Crippen molar-refractivity contribution in [2.24, 2.45) is 0 Å². The van der Waals surface area contributed by atoms with Crippen LogP contribution in [0.1, 0.15) is 10.4 Å². The van der Waals surface area contributed by atoms with Crippen LogP contribution in [0.5, 0.6) is 0 Å². The van der Waals surface area contributed by atoms with Gasteiger partial charge >= 0.3 is 0 Å². The third kappa shape index (κ3) is 1.87. The van der Waals surface area contributed by atoms with Crippen molar-refractivity contribution in [3.05, 3.63) is 42.8 Å². The van der Waals surface area contributed by atoms with E-state index in [1.54, 1.807) is 30.3 Å². The van der Waals surface area contributed by atoms with Crippen LogP contribution in [0.3, 0.4) is 0 Å². The zero-order chi connectivity index (χ0) is 8.27. The Bertz CT molecular complexity index is 241. The fraction of sp³-hybridized carbons (Fsp3) is 0.111. The zero-order valence-electron chi connectivity index (χ0n) is 5.96. The lowest BCUT2D eigenvalue weighted by Crippen LogP contribution is -2.11. The Morgan fingerprint density at radius 1 is 1.36 bits per heavy atom. The molecule has 11 heavy (non-hydrogen) atoms. The summed E-state index contributed by atoms with van der Waals surface area (Å²) in [4.78, 5) is 10.9. The summed E-state index contributed by atoms with van der Waals surface area (Å²) in [5, 5.41) is 0. The molecule has 1 radical (unpaired) electrons. The molecule has 0 saturated heterocycles. The Balaban J connectivity index is 2.86. The number of rotatable bonds is 2. The predicted molar refractivity (Wildman–Crippen MR) is 41.0 cm³/mol. The normalized spacial score (nSPS) is 12.5. The Kier molecular flexibility index (Phi) is 2.36. The molecule has 1 rings (SSSR count). The SMILES string of the molecule is [CH2]C(F)C(=O)c1ccccc1. The molecule has 0 aliphatic heterocycles. The van der Waals surface area contributed by atoms with Crippen LogP contribution in [-0.4, -0.2) is 12.0 Å². The molecule has 0 bridgehead atoms. The van der Waals surface area contributed by atoms with Crippen LogP contribution in [0.15, 0.2) is 30.3 Å². The summed E-state index contributed by atoms with van der Waals surface area (Å²) >= 11 is 0. The first-order valence-corrected chi connectivity index (χ1v) is 3.28. The summed E-state index contributed by atoms with van der Waals surface area (Å²) < 4.78 is 12.3. The molecule has 2 heteroatoms. The number of carbonyl (C=O) groups excluding carboxylic acids is 1. The van der Waals surface area contributed by atoms with E-state index in [1.807, 2.05) is 0 Å². The predicted octanol–water partition coefficient (Wildman–Crippen LogP) is 2.04. The second kappa shape index (κ2) is 3.28. The van der Waals surface area contributed by atoms with Crippen molar-refractivity contribution in [2.45, 2.75) is 6.17 Å². The van der Waals surface area contributed by atoms with E-state index in [4.69, 9.17) is 0 Å². The van der Waals surface area contributed by atoms with Gasteiger partial charge in [-0.3, -0.25) is 4.79 Å². The lowest BCUT2D eigenvalue weighted by molar-refractivity contribution is 0.0911. The minimum Gasteiger partial charge on any atom is -0.291 e. The van der Waals surface area contributed by atoms with Crippen LogP contribution in [0.2, 0.25) is 0 Å². The highest BCUT2D eigenvalue weighted by Gasteiger charge is 2.12. The summed E-state index contributed by atoms with van der Waals surface area (Å²) in [5.41, 5.74) is 0.370. The molecular weight excluding hydrogens is 143 g/mol. The van der Waals surface area contributed by atoms with Gasteiger partial charge in [0.25, 0.3) is 0 Å². The van der Waals surface area contributed by atoms with E-state index in [9.17, 15) is 9.18 Å². The summed E-state index contributed by atoms with van der Waals surface area (Å²) in [6.45, 7) is 3.00. The smallest absolute Gasteiger partial charge is 0.196 e. The maximum atomic E-state index is 12.3. The lowest BCUT2D eigenvalue weighted by atomic mass is 10.1. The first-order valence-electron chi connectivity index (χ1n) is 3.28. The van der Waals surface area contributed by atoms with Crippen molar-refractivity contribution in [2.75, 3.05) is 0 Å². The van der Waals surface area contributed by atoms with Crippen LogP contribution in [0.25, 0.3) is 0 Å². The molecule has 1 nitrogen and oxygen atoms in total. The van der Waals surface area contributed by atoms with Gasteiger partial charge in [0.2, 0.25) is 0 Å². The Morgan fingerprint density at radius 3 is 2.36 bits per heavy atom. The quantitative estimate of drug-likeness (QED) is 0.591. The molecule has 1 aromatic carbocycles. The van der Waals surface area contributed by atoms with Crippen molar-refractivity contribution in [1.82, 2.24) is 0 Å². The summed E-state index contributed by atoms with van der Waals surface area (Å²) in [7, 11) is 0. The lowest BCUT2D eigenvalue weighted by Gasteiger charge is -1.98. The molecule has 0 amide bonds. The average molecular weight is 151 g/mol. The molecule has 0 aromatic heterocycles. The van der Waals surface area contributed by atoms with Crippen molar-refractivity contribution in [1.29, 1.82) is 0 Å². The summed E-state index contributed by atoms with van der Waals surface area (Å²) in [5.74, 6) is -0.564. The van der Waals surface area contributed by atoms with Gasteiger partial charge in [-0.1, -0.05) is 30.3 Å². The third-order valence-electron chi connectivity index (χ3n) is 1.34. The topological polar surface area (TPSA) is 17.1 Å². The van der Waals surface area contributed by atoms with Gasteiger partial charge in [-0.15, -0.1) is 0 Å². The number of alkyl halides is 1. The average Bonchev–Trinajstić information content (AvgIpc) is 2.05. The minimum atomic E-state index is -1.66. The maximum absolute atomic E-state index is 12.3. The molecule has 1 unspecified atom stereocenters. The van der Waals surface area contributed by atoms with Gasteiger partial charge < -0.3 is 0 Å². The fourth-order valence-electron chi connectivity index (χ4n) is 0.783. The monoisotopic (exact) mass is 151 g/mol. The molecule has 0 saturated carbocycles. The van der Waals surface area contributed by atoms with E-state index in [2.05, 4.69) is 6.92 Å². The first kappa shape index (κ1) is 7.92. The van der Waals surface area contributed by atoms with E-state index < -0.39 is 12.0 Å². The van der Waals surface area contributed by atoms with Crippen molar-refractivity contribution < 1.29 is 9.18 Å². The molecule has 0 N–H and O–H groups in total. The van der Waals surface area contributed by atoms with Gasteiger partial charge in [0.05, 0.1) is 0 Å². The largest absolute Gasteiger partial charge is 0.291 e. The van der Waals surface area contributed by atoms with E-state index in [0.717, 1.165) is 0 Å². The standard InChI is InChI=1S/C9H8FO/c1-7(10)9(11)8-5-3-2-4-6-8/h2-7H,1H2. The Labute approximate surface area is 64.9 Å². The van der Waals surface area contributed by atoms with Crippen LogP contribution in [0.4, 0.5) is 4.39 Å². The van der Waals surface area contributed by atoms with Gasteiger partial charge in [0, 0.05) is 5.56 Å². The van der Waals surface area contributed by atoms with Gasteiger partial charge in [0.15, 0.2) is 12.0 Å². The fourth-order valence-corrected chi connectivity index (χ4v) is 0.783. The minimum absolute atomic E-state index is 0.370. The number of benzene rings is 1. The van der Waals surface area contributed by atoms with Gasteiger partial charge in [-0.05, 0) is 6.92 Å². The molecule has 1 aromatic rings. The Hall–Kier alpha value is -1.18. The number of Topliss-reactive ketones (excluding diaryl/α,β-unsaturated/α-hetero) is 1. The third-order valence-corrected chi connectivity index (χ3v) is 1.34. The van der Waals surface area contributed by atoms with E-state index >= 15 is 0 Å². The van der Waals surface area contributed by atoms with E-state index in [-0.39, 0.29) is 0 Å². The maximum Gasteiger partial charge on any atom is 0.196 e. The molecule has 57 valence electrons. The van der Waals surface area contributed by atoms with E-state index in [0.29, 0.717) is 5.56 Å². The highest BCUT2D eigenvalue weighted by Crippen LogP contribution is 2.04. The molecule has 0 heterocycles. The number of hydrogen-bond donors (Lipinski definition) is 0. The van der Waals surface area contributed by atoms with Gasteiger partial charge in [-0.2, -0.15) is 0 Å². The highest BCUT2D eigenvalue weighted by molar-refractivity contribution is 5.99. The first-order chi connectivity index (χ1) is 5.22.